The molecular weight excluding hydrogens is 653 g/mol. The van der Waals surface area contributed by atoms with E-state index in [1.54, 1.807) is 12.7 Å². The van der Waals surface area contributed by atoms with Crippen LogP contribution in [0, 0.1) is 0 Å². The van der Waals surface area contributed by atoms with Crippen molar-refractivity contribution in [2.45, 2.75) is 122 Å². The van der Waals surface area contributed by atoms with Crippen LogP contribution in [-0.4, -0.2) is 65.2 Å². The number of piperazine rings is 1. The van der Waals surface area contributed by atoms with Crippen LogP contribution >= 0.6 is 0 Å². The van der Waals surface area contributed by atoms with Gasteiger partial charge in [0.05, 0.1) is 11.4 Å². The lowest BCUT2D eigenvalue weighted by Crippen LogP contribution is -2.43. The van der Waals surface area contributed by atoms with Crippen LogP contribution in [0.15, 0.2) is 61.2 Å². The number of aromatic nitrogens is 4. The van der Waals surface area contributed by atoms with Gasteiger partial charge in [-0.15, -0.1) is 0 Å². The summed E-state index contributed by atoms with van der Waals surface area (Å²) in [5.74, 6) is 2.05. The van der Waals surface area contributed by atoms with E-state index in [0.29, 0.717) is 6.04 Å². The summed E-state index contributed by atoms with van der Waals surface area (Å²) in [5, 5.41) is 3.40. The molecule has 0 unspecified atom stereocenters. The monoisotopic (exact) mass is 715 g/mol. The number of hydrogen-bond donors (Lipinski definition) is 2. The normalized spacial score (nSPS) is 21.5. The Hall–Kier alpha value is -3.88. The summed E-state index contributed by atoms with van der Waals surface area (Å²) >= 11 is 0. The van der Waals surface area contributed by atoms with Crippen LogP contribution in [0.4, 0.5) is 11.6 Å². The molecule has 2 saturated heterocycles. The molecule has 2 aliphatic heterocycles. The Morgan fingerprint density at radius 3 is 1.36 bits per heavy atom. The lowest BCUT2D eigenvalue weighted by Gasteiger charge is -2.42. The van der Waals surface area contributed by atoms with Crippen molar-refractivity contribution in [3.8, 4) is 22.5 Å². The van der Waals surface area contributed by atoms with Crippen LogP contribution in [-0.2, 0) is 21.7 Å². The molecule has 0 saturated carbocycles. The minimum Gasteiger partial charge on any atom is -0.356 e. The van der Waals surface area contributed by atoms with E-state index in [1.165, 1.54) is 59.1 Å². The second-order valence-corrected chi connectivity index (χ2v) is 18.6. The van der Waals surface area contributed by atoms with E-state index in [-0.39, 0.29) is 21.7 Å². The second kappa shape index (κ2) is 14.4. The molecule has 2 aromatic carbocycles. The molecule has 0 bridgehead atoms. The van der Waals surface area contributed by atoms with E-state index >= 15 is 0 Å². The molecule has 2 fully saturated rings. The van der Waals surface area contributed by atoms with Crippen LogP contribution in [0.5, 0.6) is 0 Å². The number of nitrogens with one attached hydrogen (secondary N) is 1. The van der Waals surface area contributed by atoms with Gasteiger partial charge >= 0.3 is 0 Å². The maximum atomic E-state index is 6.05. The van der Waals surface area contributed by atoms with E-state index in [2.05, 4.69) is 139 Å². The van der Waals surface area contributed by atoms with Crippen molar-refractivity contribution in [2.75, 3.05) is 49.1 Å². The van der Waals surface area contributed by atoms with Gasteiger partial charge in [0, 0.05) is 68.6 Å². The van der Waals surface area contributed by atoms with Gasteiger partial charge in [0.15, 0.2) is 0 Å². The average molecular weight is 715 g/mol. The van der Waals surface area contributed by atoms with Gasteiger partial charge in [-0.05, 0) is 94.6 Å². The first-order valence-corrected chi connectivity index (χ1v) is 20.0. The summed E-state index contributed by atoms with van der Waals surface area (Å²) in [6.45, 7) is 24.9. The third-order valence-corrected chi connectivity index (χ3v) is 12.9. The molecule has 4 aliphatic rings. The van der Waals surface area contributed by atoms with Crippen molar-refractivity contribution in [3.63, 3.8) is 0 Å². The third-order valence-electron chi connectivity index (χ3n) is 12.9. The van der Waals surface area contributed by atoms with E-state index in [4.69, 9.17) is 5.73 Å². The zero-order valence-electron chi connectivity index (χ0n) is 33.6. The first-order chi connectivity index (χ1) is 25.1. The molecule has 4 heterocycles. The van der Waals surface area contributed by atoms with Gasteiger partial charge in [-0.3, -0.25) is 0 Å². The molecule has 0 radical (unpaired) electrons. The quantitative estimate of drug-likeness (QED) is 0.218. The molecule has 8 rings (SSSR count). The highest BCUT2D eigenvalue weighted by molar-refractivity contribution is 5.67. The van der Waals surface area contributed by atoms with E-state index in [1.807, 2.05) is 0 Å². The topological polar surface area (TPSA) is 96.1 Å². The zero-order chi connectivity index (χ0) is 37.6. The summed E-state index contributed by atoms with van der Waals surface area (Å²) < 4.78 is 0. The Kier molecular flexibility index (Phi) is 10.2. The minimum absolute atomic E-state index is 0.208. The molecule has 0 amide bonds. The predicted molar refractivity (Wildman–Crippen MR) is 220 cm³/mol. The van der Waals surface area contributed by atoms with Gasteiger partial charge in [0.25, 0.3) is 0 Å². The summed E-state index contributed by atoms with van der Waals surface area (Å²) in [7, 11) is 0. The summed E-state index contributed by atoms with van der Waals surface area (Å²) in [5.41, 5.74) is 17.3. The maximum absolute atomic E-state index is 6.05. The summed E-state index contributed by atoms with van der Waals surface area (Å²) in [4.78, 5) is 22.9. The van der Waals surface area contributed by atoms with Gasteiger partial charge < -0.3 is 20.9 Å². The number of nitrogens with two attached hydrogens (primary N) is 1. The lowest BCUT2D eigenvalue weighted by molar-refractivity contribution is 0.332. The molecule has 3 N–H and O–H groups in total. The smallest absolute Gasteiger partial charge is 0.132 e. The number of anilines is 2. The van der Waals surface area contributed by atoms with Crippen molar-refractivity contribution < 1.29 is 0 Å². The Labute approximate surface area is 318 Å². The fourth-order valence-electron chi connectivity index (χ4n) is 8.87. The molecule has 282 valence electrons. The standard InChI is InChI=1S/C23H32N4.C22H30N4/c1-22(2)9-10-23(3,4)19-13-16(5-6-18(19)22)20-14-21(26-15-25-20)27-11-7-17(24)8-12-27;1-21(2)7-8-22(3,4)18-13-16(5-6-17(18)21)19-14-20(25-15-24-19)26-11-9-23-10-12-26/h5-6,13-15,17H,7-12,24H2,1-4H3;5-6,13-15,23H,7-12H2,1-4H3. The van der Waals surface area contributed by atoms with Gasteiger partial charge in [-0.1, -0.05) is 79.7 Å². The van der Waals surface area contributed by atoms with Crippen LogP contribution in [0.3, 0.4) is 0 Å². The van der Waals surface area contributed by atoms with Gasteiger partial charge in [-0.2, -0.15) is 0 Å². The van der Waals surface area contributed by atoms with E-state index < -0.39 is 0 Å². The second-order valence-electron chi connectivity index (χ2n) is 18.6. The molecule has 0 atom stereocenters. The number of fused-ring (bicyclic) bond motifs is 2. The van der Waals surface area contributed by atoms with E-state index in [0.717, 1.165) is 75.1 Å². The molecule has 2 aromatic heterocycles. The molecule has 8 nitrogen and oxygen atoms in total. The SMILES string of the molecule is CC1(C)CCC(C)(C)c2cc(-c3cc(N4CCC(N)CC4)ncn3)ccc21.CC1(C)CCC(C)(C)c2cc(-c3cc(N4CCNCC4)ncn3)ccc21. The largest absolute Gasteiger partial charge is 0.356 e. The molecule has 2 aliphatic carbocycles. The van der Waals surface area contributed by atoms with Crippen molar-refractivity contribution >= 4 is 11.6 Å². The maximum Gasteiger partial charge on any atom is 0.132 e. The number of benzene rings is 2. The molecule has 53 heavy (non-hydrogen) atoms. The van der Waals surface area contributed by atoms with Crippen LogP contribution < -0.4 is 20.9 Å². The van der Waals surface area contributed by atoms with Crippen molar-refractivity contribution in [3.05, 3.63) is 83.4 Å². The summed E-state index contributed by atoms with van der Waals surface area (Å²) in [6.07, 6.45) is 10.4. The van der Waals surface area contributed by atoms with E-state index in [9.17, 15) is 0 Å². The van der Waals surface area contributed by atoms with Crippen LogP contribution in [0.2, 0.25) is 0 Å². The van der Waals surface area contributed by atoms with Crippen molar-refractivity contribution in [2.24, 2.45) is 5.73 Å². The Balaban J connectivity index is 0.000000164. The average Bonchev–Trinajstić information content (AvgIpc) is 3.16. The van der Waals surface area contributed by atoms with Gasteiger partial charge in [-0.25, -0.2) is 19.9 Å². The molecular formula is C45H62N8. The zero-order valence-corrected chi connectivity index (χ0v) is 33.6. The Bertz CT molecular complexity index is 1910. The predicted octanol–water partition coefficient (Wildman–Crippen LogP) is 8.32. The van der Waals surface area contributed by atoms with Crippen molar-refractivity contribution in [1.29, 1.82) is 0 Å². The van der Waals surface area contributed by atoms with Crippen molar-refractivity contribution in [1.82, 2.24) is 25.3 Å². The third kappa shape index (κ3) is 7.86. The number of piperidine rings is 1. The Morgan fingerprint density at radius 1 is 0.528 bits per heavy atom. The first-order valence-electron chi connectivity index (χ1n) is 20.0. The van der Waals surface area contributed by atoms with Crippen LogP contribution in [0.25, 0.3) is 22.5 Å². The van der Waals surface area contributed by atoms with Gasteiger partial charge in [0.2, 0.25) is 0 Å². The highest BCUT2D eigenvalue weighted by atomic mass is 15.2. The molecule has 4 aromatic rings. The minimum atomic E-state index is 0.208. The molecule has 8 heteroatoms. The highest BCUT2D eigenvalue weighted by Gasteiger charge is 2.38. The van der Waals surface area contributed by atoms with Crippen LogP contribution in [0.1, 0.15) is 116 Å². The fourth-order valence-corrected chi connectivity index (χ4v) is 8.87. The summed E-state index contributed by atoms with van der Waals surface area (Å²) in [6, 6.07) is 18.5. The number of hydrogen-bond acceptors (Lipinski definition) is 8. The lowest BCUT2D eigenvalue weighted by atomic mass is 9.63. The number of rotatable bonds is 4. The first kappa shape index (κ1) is 37.4. The number of nitrogens with zero attached hydrogens (tertiary/aromatic N) is 6. The molecule has 0 spiro atoms. The van der Waals surface area contributed by atoms with Gasteiger partial charge in [0.1, 0.15) is 24.3 Å². The highest BCUT2D eigenvalue weighted by Crippen LogP contribution is 2.48. The fraction of sp³-hybridized carbons (Fsp3) is 0.556. The Morgan fingerprint density at radius 2 is 0.925 bits per heavy atom.